The van der Waals surface area contributed by atoms with E-state index in [-0.39, 0.29) is 16.0 Å². The molecule has 0 spiro atoms. The van der Waals surface area contributed by atoms with Crippen molar-refractivity contribution in [3.8, 4) is 0 Å². The van der Waals surface area contributed by atoms with Gasteiger partial charge in [0.2, 0.25) is 0 Å². The van der Waals surface area contributed by atoms with E-state index in [9.17, 15) is 17.6 Å². The Kier molecular flexibility index (Phi) is 8.03. The van der Waals surface area contributed by atoms with Gasteiger partial charge in [-0.25, -0.2) is 17.6 Å². The van der Waals surface area contributed by atoms with Crippen LogP contribution in [-0.2, 0) is 0 Å². The third-order valence-corrected chi connectivity index (χ3v) is 1.69. The van der Waals surface area contributed by atoms with E-state index >= 15 is 0 Å². The van der Waals surface area contributed by atoms with Crippen molar-refractivity contribution in [2.24, 2.45) is 0 Å². The lowest BCUT2D eigenvalue weighted by atomic mass is 10.3. The van der Waals surface area contributed by atoms with Gasteiger partial charge in [-0.3, -0.25) is 25.8 Å². The van der Waals surface area contributed by atoms with Crippen molar-refractivity contribution in [2.45, 2.75) is 0 Å². The summed E-state index contributed by atoms with van der Waals surface area (Å²) in [6.07, 6.45) is 0. The molecule has 0 unspecified atom stereocenters. The molecule has 1 aromatic rings. The van der Waals surface area contributed by atoms with Gasteiger partial charge >= 0.3 is 16.0 Å². The van der Waals surface area contributed by atoms with Crippen molar-refractivity contribution in [2.75, 3.05) is 0 Å². The SMILES string of the molecule is Fc1[c]c(F)c(F)c(Br)c1F.[Br][Mg][Br]. The first kappa shape index (κ1) is 15.1. The van der Waals surface area contributed by atoms with Gasteiger partial charge in [0.05, 0.1) is 10.5 Å². The molecule has 0 fully saturated rings. The van der Waals surface area contributed by atoms with E-state index in [1.165, 1.54) is 6.07 Å². The van der Waals surface area contributed by atoms with Crippen molar-refractivity contribution in [1.82, 2.24) is 0 Å². The van der Waals surface area contributed by atoms with E-state index in [1.54, 1.807) is 0 Å². The van der Waals surface area contributed by atoms with Crippen LogP contribution in [0.25, 0.3) is 0 Å². The average molecular weight is 412 g/mol. The normalized spacial score (nSPS) is 8.79. The fourth-order valence-corrected chi connectivity index (χ4v) is 0.843. The molecule has 0 bridgehead atoms. The molecule has 0 nitrogen and oxygen atoms in total. The summed E-state index contributed by atoms with van der Waals surface area (Å²) in [6.45, 7) is 0. The van der Waals surface area contributed by atoms with E-state index in [1.807, 2.05) is 0 Å². The quantitative estimate of drug-likeness (QED) is 0.261. The lowest BCUT2D eigenvalue weighted by Gasteiger charge is -1.97. The molecule has 0 aliphatic heterocycles. The zero-order chi connectivity index (χ0) is 11.3. The maximum atomic E-state index is 12.3. The van der Waals surface area contributed by atoms with Crippen LogP contribution in [0.15, 0.2) is 4.47 Å². The summed E-state index contributed by atoms with van der Waals surface area (Å²) in [4.78, 5) is 0. The van der Waals surface area contributed by atoms with Crippen LogP contribution in [0.1, 0.15) is 0 Å². The minimum atomic E-state index is -1.55. The van der Waals surface area contributed by atoms with Crippen LogP contribution < -0.4 is 0 Å². The number of halogens is 7. The smallest absolute Gasteiger partial charge is 0.280 e. The molecule has 0 saturated heterocycles. The van der Waals surface area contributed by atoms with Gasteiger partial charge in [0.25, 0.3) is 0 Å². The molecule has 1 radical (unpaired) electrons. The third kappa shape index (κ3) is 4.34. The van der Waals surface area contributed by atoms with Crippen molar-refractivity contribution < 1.29 is 17.6 Å². The predicted octanol–water partition coefficient (Wildman–Crippen LogP) is 4.12. The van der Waals surface area contributed by atoms with E-state index in [0.29, 0.717) is 0 Å². The summed E-state index contributed by atoms with van der Waals surface area (Å²) in [6, 6.07) is 1.23. The van der Waals surface area contributed by atoms with Crippen LogP contribution in [-0.4, -0.2) is 16.0 Å². The van der Waals surface area contributed by atoms with Gasteiger partial charge in [0.1, 0.15) is 0 Å². The van der Waals surface area contributed by atoms with E-state index < -0.39 is 27.7 Å². The first-order valence-corrected chi connectivity index (χ1v) is 11.6. The predicted molar refractivity (Wildman–Crippen MR) is 56.4 cm³/mol. The van der Waals surface area contributed by atoms with E-state index in [2.05, 4.69) is 41.7 Å². The second kappa shape index (κ2) is 7.42. The number of hydrogen-bond donors (Lipinski definition) is 0. The first-order chi connectivity index (χ1) is 6.45. The monoisotopic (exact) mass is 409 g/mol. The number of benzene rings is 1. The van der Waals surface area contributed by atoms with Crippen LogP contribution in [0.5, 0.6) is 0 Å². The molecule has 0 saturated carbocycles. The fraction of sp³-hybridized carbons (Fsp3) is 0. The maximum Gasteiger partial charge on any atom is 0.560 e. The summed E-state index contributed by atoms with van der Waals surface area (Å²) in [5, 5.41) is 0. The molecule has 0 N–H and O–H groups in total. The lowest BCUT2D eigenvalue weighted by molar-refractivity contribution is 0.444. The van der Waals surface area contributed by atoms with Gasteiger partial charge in [0.15, 0.2) is 23.3 Å². The van der Waals surface area contributed by atoms with E-state index in [4.69, 9.17) is 0 Å². The Morgan fingerprint density at radius 1 is 0.929 bits per heavy atom. The molecule has 0 aliphatic carbocycles. The minimum absolute atomic E-state index is 0.0417. The van der Waals surface area contributed by atoms with Crippen molar-refractivity contribution in [3.63, 3.8) is 0 Å². The van der Waals surface area contributed by atoms with Crippen LogP contribution in [0.3, 0.4) is 0 Å². The first-order valence-electron chi connectivity index (χ1n) is 2.98. The van der Waals surface area contributed by atoms with Gasteiger partial charge in [-0.1, -0.05) is 0 Å². The summed E-state index contributed by atoms with van der Waals surface area (Å²) in [5.74, 6) is -6.06. The van der Waals surface area contributed by atoms with Crippen LogP contribution in [0.4, 0.5) is 17.6 Å². The summed E-state index contributed by atoms with van der Waals surface area (Å²) >= 11 is 8.78. The summed E-state index contributed by atoms with van der Waals surface area (Å²) in [5.41, 5.74) is 0. The Bertz CT molecular complexity index is 294. The number of hydrogen-bond acceptors (Lipinski definition) is 0. The molecular weight excluding hydrogens is 412 g/mol. The van der Waals surface area contributed by atoms with Gasteiger partial charge in [0, 0.05) is 0 Å². The highest BCUT2D eigenvalue weighted by Crippen LogP contribution is 2.23. The van der Waals surface area contributed by atoms with Crippen LogP contribution in [0.2, 0.25) is 0 Å². The molecule has 1 aromatic carbocycles. The van der Waals surface area contributed by atoms with Gasteiger partial charge in [-0.15, -0.1) is 0 Å². The summed E-state index contributed by atoms with van der Waals surface area (Å²) in [7, 11) is 0. The van der Waals surface area contributed by atoms with Crippen LogP contribution >= 0.6 is 41.7 Å². The lowest BCUT2D eigenvalue weighted by Crippen LogP contribution is -1.94. The third-order valence-electron chi connectivity index (χ3n) is 0.990. The molecular formula is C6Br3F4Mg. The van der Waals surface area contributed by atoms with Gasteiger partial charge in [-0.2, -0.15) is 0 Å². The van der Waals surface area contributed by atoms with Crippen molar-refractivity contribution in [3.05, 3.63) is 33.8 Å². The molecule has 0 aromatic heterocycles. The molecule has 0 atom stereocenters. The maximum absolute atomic E-state index is 12.3. The minimum Gasteiger partial charge on any atom is -0.280 e. The largest absolute Gasteiger partial charge is 0.560 e. The molecule has 0 heterocycles. The van der Waals surface area contributed by atoms with Gasteiger partial charge in [-0.05, 0) is 15.9 Å². The fourth-order valence-electron chi connectivity index (χ4n) is 0.495. The molecule has 0 aliphatic rings. The highest BCUT2D eigenvalue weighted by molar-refractivity contribution is 9.47. The molecule has 8 heteroatoms. The second-order valence-corrected chi connectivity index (χ2v) is 10.7. The van der Waals surface area contributed by atoms with Crippen LogP contribution in [0, 0.1) is 29.3 Å². The Morgan fingerprint density at radius 3 is 1.50 bits per heavy atom. The second-order valence-electron chi connectivity index (χ2n) is 1.80. The standard InChI is InChI=1S/C6BrF4.2BrH.Mg/c7-4-5(10)2(8)1-3(9)6(4)11;;;/h;2*1H;/q;;;+2/p-2. The Labute approximate surface area is 108 Å². The molecule has 0 amide bonds. The summed E-state index contributed by atoms with van der Waals surface area (Å²) < 4.78 is 48.1. The average Bonchev–Trinajstić information content (AvgIpc) is 2.13. The number of rotatable bonds is 0. The molecule has 14 heavy (non-hydrogen) atoms. The van der Waals surface area contributed by atoms with E-state index in [0.717, 1.165) is 0 Å². The van der Waals surface area contributed by atoms with Gasteiger partial charge < -0.3 is 0 Å². The molecule has 1 rings (SSSR count). The van der Waals surface area contributed by atoms with Crippen molar-refractivity contribution >= 4 is 57.7 Å². The zero-order valence-corrected chi connectivity index (χ0v) is 12.5. The Hall–Kier alpha value is 1.15. The highest BCUT2D eigenvalue weighted by atomic mass is 79.9. The Balaban J connectivity index is 0.000000500. The Morgan fingerprint density at radius 2 is 1.21 bits per heavy atom. The zero-order valence-electron chi connectivity index (χ0n) is 6.35. The highest BCUT2D eigenvalue weighted by Gasteiger charge is 2.16. The topological polar surface area (TPSA) is 0 Å². The van der Waals surface area contributed by atoms with Crippen molar-refractivity contribution in [1.29, 1.82) is 0 Å². The molecule has 75 valence electrons.